The lowest BCUT2D eigenvalue weighted by Crippen LogP contribution is -2.39. The molecule has 1 unspecified atom stereocenters. The zero-order valence-electron chi connectivity index (χ0n) is 13.9. The van der Waals surface area contributed by atoms with Gasteiger partial charge in [0, 0.05) is 19.2 Å². The van der Waals surface area contributed by atoms with Crippen LogP contribution in [-0.4, -0.2) is 24.0 Å². The van der Waals surface area contributed by atoms with Gasteiger partial charge in [0.1, 0.15) is 0 Å². The smallest absolute Gasteiger partial charge is 0.274 e. The number of nitrogens with one attached hydrogen (secondary N) is 2. The largest absolute Gasteiger partial charge is 0.357 e. The fourth-order valence-corrected chi connectivity index (χ4v) is 3.03. The first kappa shape index (κ1) is 17.9. The number of aliphatic imine (C=N–C) groups is 1. The van der Waals surface area contributed by atoms with Gasteiger partial charge in [-0.3, -0.25) is 10.1 Å². The van der Waals surface area contributed by atoms with Gasteiger partial charge in [0.15, 0.2) is 5.96 Å². The van der Waals surface area contributed by atoms with Gasteiger partial charge in [0.2, 0.25) is 0 Å². The molecule has 0 amide bonds. The third-order valence-electron chi connectivity index (χ3n) is 3.63. The molecule has 128 valence electrons. The third kappa shape index (κ3) is 5.06. The van der Waals surface area contributed by atoms with Crippen molar-refractivity contribution in [3.63, 3.8) is 0 Å². The molecule has 0 saturated heterocycles. The van der Waals surface area contributed by atoms with Crippen LogP contribution in [0.2, 0.25) is 0 Å². The molecule has 0 radical (unpaired) electrons. The van der Waals surface area contributed by atoms with E-state index in [9.17, 15) is 10.1 Å². The second-order valence-corrected chi connectivity index (χ2v) is 6.20. The number of nitro benzene ring substituents is 1. The van der Waals surface area contributed by atoms with Crippen molar-refractivity contribution in [1.29, 1.82) is 0 Å². The molecule has 1 heterocycles. The van der Waals surface area contributed by atoms with Gasteiger partial charge in [-0.25, -0.2) is 4.99 Å². The molecule has 24 heavy (non-hydrogen) atoms. The van der Waals surface area contributed by atoms with Crippen LogP contribution in [0.15, 0.2) is 46.1 Å². The van der Waals surface area contributed by atoms with Crippen molar-refractivity contribution in [1.82, 2.24) is 10.6 Å². The third-order valence-corrected chi connectivity index (χ3v) is 4.33. The highest BCUT2D eigenvalue weighted by Crippen LogP contribution is 2.19. The normalized spacial score (nSPS) is 12.7. The van der Waals surface area contributed by atoms with Gasteiger partial charge in [0.25, 0.3) is 5.69 Å². The summed E-state index contributed by atoms with van der Waals surface area (Å²) in [6.45, 7) is 5.89. The van der Waals surface area contributed by atoms with E-state index in [0.29, 0.717) is 17.4 Å². The van der Waals surface area contributed by atoms with E-state index in [4.69, 9.17) is 0 Å². The molecular formula is C17H22N4O2S. The Hall–Kier alpha value is -2.41. The average molecular weight is 346 g/mol. The minimum absolute atomic E-state index is 0.101. The van der Waals surface area contributed by atoms with E-state index in [1.807, 2.05) is 6.92 Å². The average Bonchev–Trinajstić information content (AvgIpc) is 3.12. The van der Waals surface area contributed by atoms with Gasteiger partial charge in [-0.2, -0.15) is 11.3 Å². The summed E-state index contributed by atoms with van der Waals surface area (Å²) in [5, 5.41) is 21.8. The molecule has 1 aromatic carbocycles. The number of guanidine groups is 1. The number of para-hydroxylation sites is 1. The van der Waals surface area contributed by atoms with E-state index < -0.39 is 0 Å². The van der Waals surface area contributed by atoms with Gasteiger partial charge in [0.05, 0.1) is 17.0 Å². The molecule has 2 aromatic rings. The topological polar surface area (TPSA) is 79.6 Å². The summed E-state index contributed by atoms with van der Waals surface area (Å²) < 4.78 is 0. The van der Waals surface area contributed by atoms with Crippen molar-refractivity contribution in [2.45, 2.75) is 26.3 Å². The second-order valence-electron chi connectivity index (χ2n) is 5.42. The zero-order valence-corrected chi connectivity index (χ0v) is 14.7. The Morgan fingerprint density at radius 1 is 1.33 bits per heavy atom. The number of hydrogen-bond acceptors (Lipinski definition) is 4. The summed E-state index contributed by atoms with van der Waals surface area (Å²) in [6.07, 6.45) is 0. The number of nitrogens with zero attached hydrogens (tertiary/aromatic N) is 2. The Morgan fingerprint density at radius 3 is 2.79 bits per heavy atom. The number of thiophene rings is 1. The molecule has 0 spiro atoms. The first-order valence-electron chi connectivity index (χ1n) is 7.88. The van der Waals surface area contributed by atoms with Crippen LogP contribution in [0.1, 0.15) is 30.9 Å². The molecule has 0 aliphatic rings. The van der Waals surface area contributed by atoms with Gasteiger partial charge < -0.3 is 10.6 Å². The maximum Gasteiger partial charge on any atom is 0.274 e. The van der Waals surface area contributed by atoms with E-state index in [1.54, 1.807) is 29.5 Å². The van der Waals surface area contributed by atoms with Crippen molar-refractivity contribution in [2.24, 2.45) is 4.99 Å². The van der Waals surface area contributed by atoms with E-state index >= 15 is 0 Å². The Balaban J connectivity index is 2.02. The SMILES string of the molecule is CCNC(=NCc1ccccc1[N+](=O)[O-])NCC(C)c1ccsc1. The standard InChI is InChI=1S/C17H22N4O2S/c1-3-18-17(19-10-13(2)15-8-9-24-12-15)20-11-14-6-4-5-7-16(14)21(22)23/h4-9,12-13H,3,10-11H2,1-2H3,(H2,18,19,20). The molecule has 1 aromatic heterocycles. The Morgan fingerprint density at radius 2 is 2.12 bits per heavy atom. The molecule has 0 aliphatic carbocycles. The molecule has 2 N–H and O–H groups in total. The van der Waals surface area contributed by atoms with Crippen molar-refractivity contribution < 1.29 is 4.92 Å². The lowest BCUT2D eigenvalue weighted by atomic mass is 10.1. The summed E-state index contributed by atoms with van der Waals surface area (Å²) in [5.74, 6) is 1.03. The Bertz CT molecular complexity index is 686. The lowest BCUT2D eigenvalue weighted by Gasteiger charge is -2.15. The summed E-state index contributed by atoms with van der Waals surface area (Å²) >= 11 is 1.69. The second kappa shape index (κ2) is 9.02. The van der Waals surface area contributed by atoms with E-state index in [1.165, 1.54) is 11.6 Å². The fourth-order valence-electron chi connectivity index (χ4n) is 2.25. The van der Waals surface area contributed by atoms with Crippen LogP contribution in [-0.2, 0) is 6.54 Å². The van der Waals surface area contributed by atoms with Crippen LogP contribution in [0, 0.1) is 10.1 Å². The molecular weight excluding hydrogens is 324 g/mol. The Labute approximate surface area is 145 Å². The summed E-state index contributed by atoms with van der Waals surface area (Å²) in [7, 11) is 0. The summed E-state index contributed by atoms with van der Waals surface area (Å²) in [4.78, 5) is 15.2. The number of nitro groups is 1. The van der Waals surface area contributed by atoms with Crippen molar-refractivity contribution in [3.05, 3.63) is 62.3 Å². The van der Waals surface area contributed by atoms with Crippen molar-refractivity contribution >= 4 is 23.0 Å². The van der Waals surface area contributed by atoms with Crippen LogP contribution >= 0.6 is 11.3 Å². The molecule has 0 bridgehead atoms. The monoisotopic (exact) mass is 346 g/mol. The van der Waals surface area contributed by atoms with Crippen LogP contribution in [0.25, 0.3) is 0 Å². The minimum Gasteiger partial charge on any atom is -0.357 e. The van der Waals surface area contributed by atoms with Gasteiger partial charge >= 0.3 is 0 Å². The molecule has 0 saturated carbocycles. The lowest BCUT2D eigenvalue weighted by molar-refractivity contribution is -0.385. The van der Waals surface area contributed by atoms with Crippen LogP contribution in [0.4, 0.5) is 5.69 Å². The maximum atomic E-state index is 11.1. The van der Waals surface area contributed by atoms with Crippen LogP contribution < -0.4 is 10.6 Å². The van der Waals surface area contributed by atoms with E-state index in [2.05, 4.69) is 39.4 Å². The van der Waals surface area contributed by atoms with Gasteiger partial charge in [-0.1, -0.05) is 25.1 Å². The van der Waals surface area contributed by atoms with E-state index in [0.717, 1.165) is 13.1 Å². The minimum atomic E-state index is -0.371. The highest BCUT2D eigenvalue weighted by molar-refractivity contribution is 7.07. The highest BCUT2D eigenvalue weighted by Gasteiger charge is 2.12. The van der Waals surface area contributed by atoms with Crippen molar-refractivity contribution in [3.8, 4) is 0 Å². The molecule has 2 rings (SSSR count). The predicted molar refractivity (Wildman–Crippen MR) is 98.6 cm³/mol. The zero-order chi connectivity index (χ0) is 17.4. The van der Waals surface area contributed by atoms with Gasteiger partial charge in [-0.05, 0) is 35.2 Å². The molecule has 0 aliphatic heterocycles. The predicted octanol–water partition coefficient (Wildman–Crippen LogP) is 3.52. The summed E-state index contributed by atoms with van der Waals surface area (Å²) in [6, 6.07) is 8.81. The van der Waals surface area contributed by atoms with Crippen molar-refractivity contribution in [2.75, 3.05) is 13.1 Å². The maximum absolute atomic E-state index is 11.1. The first-order valence-corrected chi connectivity index (χ1v) is 8.82. The fraction of sp³-hybridized carbons (Fsp3) is 0.353. The number of rotatable bonds is 7. The highest BCUT2D eigenvalue weighted by atomic mass is 32.1. The van der Waals surface area contributed by atoms with Crippen LogP contribution in [0.5, 0.6) is 0 Å². The quantitative estimate of drug-likeness (QED) is 0.348. The summed E-state index contributed by atoms with van der Waals surface area (Å²) in [5.41, 5.74) is 2.00. The molecule has 7 heteroatoms. The first-order chi connectivity index (χ1) is 11.6. The van der Waals surface area contributed by atoms with E-state index in [-0.39, 0.29) is 17.2 Å². The molecule has 6 nitrogen and oxygen atoms in total. The van der Waals surface area contributed by atoms with Crippen LogP contribution in [0.3, 0.4) is 0 Å². The van der Waals surface area contributed by atoms with Gasteiger partial charge in [-0.15, -0.1) is 0 Å². The Kier molecular flexibility index (Phi) is 6.74. The number of hydrogen-bond donors (Lipinski definition) is 2. The molecule has 0 fully saturated rings. The molecule has 1 atom stereocenters. The number of benzene rings is 1.